The van der Waals surface area contributed by atoms with Crippen LogP contribution in [0.1, 0.15) is 50.2 Å². The van der Waals surface area contributed by atoms with Crippen molar-refractivity contribution >= 4 is 40.6 Å². The lowest BCUT2D eigenvalue weighted by molar-refractivity contribution is -0.130. The van der Waals surface area contributed by atoms with Gasteiger partial charge < -0.3 is 10.1 Å². The average molecular weight is 637 g/mol. The van der Waals surface area contributed by atoms with Crippen molar-refractivity contribution in [2.45, 2.75) is 38.0 Å². The van der Waals surface area contributed by atoms with Crippen LogP contribution in [-0.4, -0.2) is 50.2 Å². The van der Waals surface area contributed by atoms with Gasteiger partial charge in [-0.3, -0.25) is 14.2 Å². The summed E-state index contributed by atoms with van der Waals surface area (Å²) in [6, 6.07) is 26.6. The third kappa shape index (κ3) is 6.54. The number of methoxy groups -OCH3 is 1. The highest BCUT2D eigenvalue weighted by Gasteiger charge is 2.34. The molecule has 0 fully saturated rings. The van der Waals surface area contributed by atoms with Crippen molar-refractivity contribution in [1.82, 2.24) is 25.1 Å². The Labute approximate surface area is 270 Å². The van der Waals surface area contributed by atoms with Gasteiger partial charge in [0.05, 0.1) is 41.7 Å². The van der Waals surface area contributed by atoms with Gasteiger partial charge in [0.15, 0.2) is 11.0 Å². The number of carbonyl (C=O) groups is 2. The molecule has 0 spiro atoms. The third-order valence-corrected chi connectivity index (χ3v) is 9.59. The van der Waals surface area contributed by atoms with Crippen LogP contribution in [0.25, 0.3) is 5.69 Å². The molecule has 228 valence electrons. The second-order valence-electron chi connectivity index (χ2n) is 10.5. The summed E-state index contributed by atoms with van der Waals surface area (Å²) in [5.74, 6) is 1.09. The zero-order valence-electron chi connectivity index (χ0n) is 25.1. The molecule has 0 radical (unpaired) electrons. The molecule has 0 bridgehead atoms. The fourth-order valence-electron chi connectivity index (χ4n) is 5.19. The summed E-state index contributed by atoms with van der Waals surface area (Å²) in [5.41, 5.74) is 5.51. The molecule has 2 aromatic heterocycles. The third-order valence-electron chi connectivity index (χ3n) is 7.76. The van der Waals surface area contributed by atoms with E-state index in [1.54, 1.807) is 35.6 Å². The molecule has 1 aliphatic heterocycles. The predicted octanol–water partition coefficient (Wildman–Crippen LogP) is 6.35. The molecule has 2 amide bonds. The Bertz CT molecular complexity index is 1840. The van der Waals surface area contributed by atoms with Gasteiger partial charge >= 0.3 is 0 Å². The molecular weight excluding hydrogens is 605 g/mol. The van der Waals surface area contributed by atoms with Crippen molar-refractivity contribution in [2.75, 3.05) is 12.9 Å². The van der Waals surface area contributed by atoms with Gasteiger partial charge in [0.1, 0.15) is 5.75 Å². The Hall–Kier alpha value is -4.74. The maximum absolute atomic E-state index is 13.9. The lowest BCUT2D eigenvalue weighted by Crippen LogP contribution is -2.28. The maximum atomic E-state index is 13.9. The minimum atomic E-state index is -0.234. The Morgan fingerprint density at radius 2 is 1.78 bits per heavy atom. The smallest absolute Gasteiger partial charge is 0.253 e. The molecule has 11 heteroatoms. The molecule has 9 nitrogen and oxygen atoms in total. The van der Waals surface area contributed by atoms with Gasteiger partial charge in [-0.1, -0.05) is 60.3 Å². The van der Waals surface area contributed by atoms with Crippen molar-refractivity contribution in [3.8, 4) is 11.4 Å². The van der Waals surface area contributed by atoms with Gasteiger partial charge in [0.25, 0.3) is 11.8 Å². The van der Waals surface area contributed by atoms with Gasteiger partial charge in [0.2, 0.25) is 0 Å². The number of aromatic nitrogens is 3. The standard InChI is InChI=1S/C34H32N6O3S2/c1-22-9-7-12-28(23(22)2)39-31(20-35-33(42)25-10-5-4-6-11-25)36-37-34(39)45-21-32(41)40-29(24-14-16-26(43-3)17-15-24)19-27(38-40)30-13-8-18-44-30/h4-18,29H,19-21H2,1-3H3,(H,35,42)/t29-/m0/s1. The van der Waals surface area contributed by atoms with Crippen LogP contribution in [0.15, 0.2) is 101 Å². The maximum Gasteiger partial charge on any atom is 0.253 e. The van der Waals surface area contributed by atoms with Gasteiger partial charge in [-0.25, -0.2) is 5.01 Å². The minimum Gasteiger partial charge on any atom is -0.497 e. The molecule has 6 rings (SSSR count). The van der Waals surface area contributed by atoms with E-state index in [4.69, 9.17) is 9.84 Å². The van der Waals surface area contributed by atoms with E-state index in [0.717, 1.165) is 38.7 Å². The first-order valence-corrected chi connectivity index (χ1v) is 16.3. The van der Waals surface area contributed by atoms with Crippen molar-refractivity contribution in [3.05, 3.63) is 123 Å². The fraction of sp³-hybridized carbons (Fsp3) is 0.206. The Morgan fingerprint density at radius 1 is 0.978 bits per heavy atom. The van der Waals surface area contributed by atoms with Crippen LogP contribution in [0, 0.1) is 13.8 Å². The first-order valence-electron chi connectivity index (χ1n) is 14.5. The number of nitrogens with zero attached hydrogens (tertiary/aromatic N) is 5. The Balaban J connectivity index is 1.26. The summed E-state index contributed by atoms with van der Waals surface area (Å²) in [7, 11) is 1.63. The highest BCUT2D eigenvalue weighted by Crippen LogP contribution is 2.35. The number of hydrogen-bond acceptors (Lipinski definition) is 8. The second-order valence-corrected chi connectivity index (χ2v) is 12.4. The summed E-state index contributed by atoms with van der Waals surface area (Å²) >= 11 is 2.92. The number of ether oxygens (including phenoxy) is 1. The number of amides is 2. The second kappa shape index (κ2) is 13.5. The molecule has 1 atom stereocenters. The predicted molar refractivity (Wildman–Crippen MR) is 177 cm³/mol. The van der Waals surface area contributed by atoms with E-state index in [-0.39, 0.29) is 30.2 Å². The van der Waals surface area contributed by atoms with Crippen LogP contribution in [0.2, 0.25) is 0 Å². The number of thiophene rings is 1. The Kier molecular flexibility index (Phi) is 9.08. The topological polar surface area (TPSA) is 102 Å². The van der Waals surface area contributed by atoms with E-state index in [2.05, 4.69) is 15.5 Å². The minimum absolute atomic E-state index is 0.104. The van der Waals surface area contributed by atoms with Gasteiger partial charge in [-0.2, -0.15) is 5.10 Å². The van der Waals surface area contributed by atoms with Gasteiger partial charge in [0, 0.05) is 12.0 Å². The van der Waals surface area contributed by atoms with Crippen LogP contribution in [0.5, 0.6) is 5.75 Å². The molecule has 0 saturated carbocycles. The largest absolute Gasteiger partial charge is 0.497 e. The summed E-state index contributed by atoms with van der Waals surface area (Å²) in [6.07, 6.45) is 0.618. The number of benzene rings is 3. The molecule has 1 aliphatic rings. The normalized spacial score (nSPS) is 14.3. The van der Waals surface area contributed by atoms with Crippen molar-refractivity contribution in [1.29, 1.82) is 0 Å². The SMILES string of the molecule is COc1ccc([C@@H]2CC(c3cccs3)=NN2C(=O)CSc2nnc(CNC(=O)c3ccccc3)n2-c2cccc(C)c2C)cc1. The van der Waals surface area contributed by atoms with Crippen molar-refractivity contribution in [3.63, 3.8) is 0 Å². The average Bonchev–Trinajstić information content (AvgIpc) is 3.85. The number of aryl methyl sites for hydroxylation is 1. The number of nitrogens with one attached hydrogen (secondary N) is 1. The van der Waals surface area contributed by atoms with Crippen molar-refractivity contribution < 1.29 is 14.3 Å². The fourth-order valence-corrected chi connectivity index (χ4v) is 6.73. The molecule has 5 aromatic rings. The molecule has 0 aliphatic carbocycles. The molecule has 45 heavy (non-hydrogen) atoms. The summed E-state index contributed by atoms with van der Waals surface area (Å²) in [5, 5.41) is 20.9. The molecule has 1 N–H and O–H groups in total. The highest BCUT2D eigenvalue weighted by atomic mass is 32.2. The van der Waals surface area contributed by atoms with E-state index in [0.29, 0.717) is 23.0 Å². The first-order chi connectivity index (χ1) is 21.9. The summed E-state index contributed by atoms with van der Waals surface area (Å²) < 4.78 is 7.27. The van der Waals surface area contributed by atoms with E-state index in [1.165, 1.54) is 11.8 Å². The van der Waals surface area contributed by atoms with E-state index in [9.17, 15) is 9.59 Å². The number of rotatable bonds is 10. The van der Waals surface area contributed by atoms with E-state index in [1.807, 2.05) is 96.6 Å². The zero-order valence-corrected chi connectivity index (χ0v) is 26.8. The van der Waals surface area contributed by atoms with E-state index >= 15 is 0 Å². The highest BCUT2D eigenvalue weighted by molar-refractivity contribution is 7.99. The van der Waals surface area contributed by atoms with Gasteiger partial charge in [-0.05, 0) is 72.3 Å². The number of hydrazone groups is 1. The monoisotopic (exact) mass is 636 g/mol. The first kappa shape index (κ1) is 30.3. The number of hydrogen-bond donors (Lipinski definition) is 1. The summed E-state index contributed by atoms with van der Waals surface area (Å²) in [6.45, 7) is 4.26. The van der Waals surface area contributed by atoms with Crippen LogP contribution >= 0.6 is 23.1 Å². The van der Waals surface area contributed by atoms with Crippen LogP contribution in [0.3, 0.4) is 0 Å². The van der Waals surface area contributed by atoms with E-state index < -0.39 is 0 Å². The number of thioether (sulfide) groups is 1. The molecule has 0 unspecified atom stereocenters. The molecule has 0 saturated heterocycles. The quantitative estimate of drug-likeness (QED) is 0.179. The zero-order chi connectivity index (χ0) is 31.3. The molecule has 3 heterocycles. The lowest BCUT2D eigenvalue weighted by atomic mass is 10.0. The Morgan fingerprint density at radius 3 is 2.51 bits per heavy atom. The van der Waals surface area contributed by atoms with Crippen molar-refractivity contribution in [2.24, 2.45) is 5.10 Å². The lowest BCUT2D eigenvalue weighted by Gasteiger charge is -2.22. The number of carbonyl (C=O) groups excluding carboxylic acids is 2. The molecule has 3 aromatic carbocycles. The van der Waals surface area contributed by atoms with Crippen LogP contribution < -0.4 is 10.1 Å². The van der Waals surface area contributed by atoms with Crippen LogP contribution in [-0.2, 0) is 11.3 Å². The summed E-state index contributed by atoms with van der Waals surface area (Å²) in [4.78, 5) is 27.7. The van der Waals surface area contributed by atoms with Crippen LogP contribution in [0.4, 0.5) is 0 Å². The molecular formula is C34H32N6O3S2. The van der Waals surface area contributed by atoms with Gasteiger partial charge in [-0.15, -0.1) is 21.5 Å².